The summed E-state index contributed by atoms with van der Waals surface area (Å²) in [7, 11) is 3.15. The number of amides is 2. The van der Waals surface area contributed by atoms with E-state index in [2.05, 4.69) is 20.8 Å². The van der Waals surface area contributed by atoms with Gasteiger partial charge in [-0.1, -0.05) is 23.9 Å². The molecule has 2 amide bonds. The summed E-state index contributed by atoms with van der Waals surface area (Å²) in [5.41, 5.74) is 9.19. The monoisotopic (exact) mass is 480 g/mol. The molecule has 8 nitrogen and oxygen atoms in total. The second-order valence-corrected chi connectivity index (χ2v) is 8.58. The molecule has 2 aromatic carbocycles. The van der Waals surface area contributed by atoms with Crippen molar-refractivity contribution in [2.45, 2.75) is 37.6 Å². The second-order valence-electron chi connectivity index (χ2n) is 7.64. The highest BCUT2D eigenvalue weighted by atomic mass is 32.2. The van der Waals surface area contributed by atoms with Crippen LogP contribution in [0.1, 0.15) is 39.3 Å². The smallest absolute Gasteiger partial charge is 0.269 e. The van der Waals surface area contributed by atoms with Gasteiger partial charge in [-0.05, 0) is 61.7 Å². The predicted molar refractivity (Wildman–Crippen MR) is 131 cm³/mol. The molecule has 0 spiro atoms. The van der Waals surface area contributed by atoms with Gasteiger partial charge in [-0.2, -0.15) is 0 Å². The van der Waals surface area contributed by atoms with Crippen molar-refractivity contribution >= 4 is 23.6 Å². The highest BCUT2D eigenvalue weighted by molar-refractivity contribution is 7.98. The molecular formula is C25H28N4O4S. The number of methoxy groups -OCH3 is 2. The van der Waals surface area contributed by atoms with Crippen molar-refractivity contribution in [2.24, 2.45) is 0 Å². The number of hydrogen-bond acceptors (Lipinski definition) is 7. The Morgan fingerprint density at radius 2 is 1.47 bits per heavy atom. The van der Waals surface area contributed by atoms with Crippen molar-refractivity contribution in [3.05, 3.63) is 76.6 Å². The van der Waals surface area contributed by atoms with E-state index >= 15 is 0 Å². The van der Waals surface area contributed by atoms with E-state index in [1.807, 2.05) is 44.2 Å². The molecule has 0 atom stereocenters. The summed E-state index contributed by atoms with van der Waals surface area (Å²) in [4.78, 5) is 33.4. The molecule has 0 aliphatic heterocycles. The Bertz CT molecular complexity index is 1110. The standard InChI is InChI=1S/C25H28N4O4S/c1-16-11-17(2)27-25(26-16)34-15-18-5-8-20(9-6-18)24(31)29-28-23(30)10-7-19-12-21(32-3)14-22(13-19)33-4/h5-6,8-9,11-14H,7,10,15H2,1-4H3,(H,28,30)(H,29,31). The molecule has 0 saturated heterocycles. The molecule has 3 rings (SSSR count). The lowest BCUT2D eigenvalue weighted by molar-refractivity contribution is -0.121. The van der Waals surface area contributed by atoms with Crippen LogP contribution in [0.25, 0.3) is 0 Å². The third-order valence-corrected chi connectivity index (χ3v) is 5.83. The number of hydrazine groups is 1. The molecule has 0 radical (unpaired) electrons. The number of benzene rings is 2. The molecule has 3 aromatic rings. The largest absolute Gasteiger partial charge is 0.497 e. The molecule has 0 aliphatic carbocycles. The molecule has 178 valence electrons. The van der Waals surface area contributed by atoms with Crippen molar-refractivity contribution in [1.29, 1.82) is 0 Å². The fourth-order valence-corrected chi connectivity index (χ4v) is 4.09. The summed E-state index contributed by atoms with van der Waals surface area (Å²) in [5.74, 6) is 1.33. The van der Waals surface area contributed by atoms with Crippen molar-refractivity contribution in [1.82, 2.24) is 20.8 Å². The number of ether oxygens (including phenoxy) is 2. The average molecular weight is 481 g/mol. The first-order valence-electron chi connectivity index (χ1n) is 10.7. The number of rotatable bonds is 9. The molecule has 34 heavy (non-hydrogen) atoms. The van der Waals surface area contributed by atoms with Gasteiger partial charge in [0.2, 0.25) is 5.91 Å². The average Bonchev–Trinajstić information content (AvgIpc) is 2.84. The number of nitrogens with one attached hydrogen (secondary N) is 2. The molecule has 2 N–H and O–H groups in total. The van der Waals surface area contributed by atoms with Crippen molar-refractivity contribution in [2.75, 3.05) is 14.2 Å². The quantitative estimate of drug-likeness (QED) is 0.273. The predicted octanol–water partition coefficient (Wildman–Crippen LogP) is 3.80. The van der Waals surface area contributed by atoms with Crippen LogP contribution in [-0.4, -0.2) is 36.0 Å². The van der Waals surface area contributed by atoms with Crippen LogP contribution in [0.15, 0.2) is 53.7 Å². The first-order chi connectivity index (χ1) is 16.4. The van der Waals surface area contributed by atoms with E-state index in [1.54, 1.807) is 44.2 Å². The molecule has 0 saturated carbocycles. The lowest BCUT2D eigenvalue weighted by atomic mass is 10.1. The fraction of sp³-hybridized carbons (Fsp3) is 0.280. The number of carbonyl (C=O) groups is 2. The van der Waals surface area contributed by atoms with Gasteiger partial charge >= 0.3 is 0 Å². The van der Waals surface area contributed by atoms with Gasteiger partial charge in [0.25, 0.3) is 5.91 Å². The number of aryl methyl sites for hydroxylation is 3. The molecule has 1 aromatic heterocycles. The lowest BCUT2D eigenvalue weighted by Crippen LogP contribution is -2.41. The van der Waals surface area contributed by atoms with Crippen LogP contribution in [-0.2, 0) is 17.0 Å². The van der Waals surface area contributed by atoms with Gasteiger partial charge in [0.15, 0.2) is 5.16 Å². The summed E-state index contributed by atoms with van der Waals surface area (Å²) in [6.07, 6.45) is 0.680. The minimum atomic E-state index is -0.381. The number of thioether (sulfide) groups is 1. The van der Waals surface area contributed by atoms with Crippen molar-refractivity contribution in [3.63, 3.8) is 0 Å². The van der Waals surface area contributed by atoms with E-state index < -0.39 is 0 Å². The summed E-state index contributed by atoms with van der Waals surface area (Å²) in [6, 6.07) is 14.6. The fourth-order valence-electron chi connectivity index (χ4n) is 3.19. The highest BCUT2D eigenvalue weighted by Crippen LogP contribution is 2.23. The molecule has 0 unspecified atom stereocenters. The first kappa shape index (κ1) is 25.0. The second kappa shape index (κ2) is 12.0. The first-order valence-corrected chi connectivity index (χ1v) is 11.7. The topological polar surface area (TPSA) is 102 Å². The third-order valence-electron chi connectivity index (χ3n) is 4.91. The van der Waals surface area contributed by atoms with E-state index in [0.717, 1.165) is 27.7 Å². The summed E-state index contributed by atoms with van der Waals surface area (Å²) < 4.78 is 10.5. The van der Waals surface area contributed by atoms with Gasteiger partial charge in [0, 0.05) is 35.2 Å². The third kappa shape index (κ3) is 7.48. The van der Waals surface area contributed by atoms with Crippen molar-refractivity contribution in [3.8, 4) is 11.5 Å². The van der Waals surface area contributed by atoms with Gasteiger partial charge in [-0.3, -0.25) is 20.4 Å². The zero-order chi connectivity index (χ0) is 24.5. The summed E-state index contributed by atoms with van der Waals surface area (Å²) >= 11 is 1.54. The lowest BCUT2D eigenvalue weighted by Gasteiger charge is -2.10. The van der Waals surface area contributed by atoms with E-state index in [0.29, 0.717) is 29.2 Å². The van der Waals surface area contributed by atoms with E-state index in [-0.39, 0.29) is 18.2 Å². The Hall–Kier alpha value is -3.59. The van der Waals surface area contributed by atoms with Crippen molar-refractivity contribution < 1.29 is 19.1 Å². The number of carbonyl (C=O) groups excluding carboxylic acids is 2. The van der Waals surface area contributed by atoms with Gasteiger partial charge in [0.05, 0.1) is 14.2 Å². The molecule has 0 fully saturated rings. The summed E-state index contributed by atoms with van der Waals surface area (Å²) in [5, 5.41) is 0.731. The Morgan fingerprint density at radius 3 is 2.06 bits per heavy atom. The normalized spacial score (nSPS) is 10.5. The van der Waals surface area contributed by atoms with E-state index in [9.17, 15) is 9.59 Å². The van der Waals surface area contributed by atoms with E-state index in [1.165, 1.54) is 0 Å². The van der Waals surface area contributed by atoms with E-state index in [4.69, 9.17) is 9.47 Å². The molecule has 0 aliphatic rings. The molecule has 0 bridgehead atoms. The number of nitrogens with zero attached hydrogens (tertiary/aromatic N) is 2. The summed E-state index contributed by atoms with van der Waals surface area (Å²) in [6.45, 7) is 3.89. The Balaban J connectivity index is 1.45. The zero-order valence-corrected chi connectivity index (χ0v) is 20.5. The minimum Gasteiger partial charge on any atom is -0.497 e. The van der Waals surface area contributed by atoms with Crippen LogP contribution < -0.4 is 20.3 Å². The SMILES string of the molecule is COc1cc(CCC(=O)NNC(=O)c2ccc(CSc3nc(C)cc(C)n3)cc2)cc(OC)c1. The van der Waals surface area contributed by atoms with Crippen LogP contribution in [0.4, 0.5) is 0 Å². The zero-order valence-electron chi connectivity index (χ0n) is 19.7. The molecular weight excluding hydrogens is 452 g/mol. The highest BCUT2D eigenvalue weighted by Gasteiger charge is 2.10. The van der Waals surface area contributed by atoms with Gasteiger partial charge < -0.3 is 9.47 Å². The van der Waals surface area contributed by atoms with Crippen LogP contribution in [0.3, 0.4) is 0 Å². The van der Waals surface area contributed by atoms with Gasteiger partial charge in [-0.15, -0.1) is 0 Å². The van der Waals surface area contributed by atoms with Crippen LogP contribution >= 0.6 is 11.8 Å². The Kier molecular flexibility index (Phi) is 8.86. The maximum atomic E-state index is 12.4. The van der Waals surface area contributed by atoms with Gasteiger partial charge in [-0.25, -0.2) is 9.97 Å². The number of aromatic nitrogens is 2. The molecule has 1 heterocycles. The maximum Gasteiger partial charge on any atom is 0.269 e. The van der Waals surface area contributed by atoms with Gasteiger partial charge in [0.1, 0.15) is 11.5 Å². The van der Waals surface area contributed by atoms with Crippen LogP contribution in [0.2, 0.25) is 0 Å². The number of hydrogen-bond donors (Lipinski definition) is 2. The Labute approximate surface area is 203 Å². The molecule has 9 heteroatoms. The van der Waals surface area contributed by atoms with Crippen LogP contribution in [0.5, 0.6) is 11.5 Å². The van der Waals surface area contributed by atoms with Crippen LogP contribution in [0, 0.1) is 13.8 Å². The minimum absolute atomic E-state index is 0.202. The Morgan fingerprint density at radius 1 is 0.853 bits per heavy atom. The maximum absolute atomic E-state index is 12.4.